The van der Waals surface area contributed by atoms with E-state index in [0.29, 0.717) is 29.3 Å². The molecule has 1 heterocycles. The van der Waals surface area contributed by atoms with Gasteiger partial charge in [0, 0.05) is 22.9 Å². The number of nitrogens with zero attached hydrogens (tertiary/aromatic N) is 4. The molecule has 0 radical (unpaired) electrons. The summed E-state index contributed by atoms with van der Waals surface area (Å²) in [5, 5.41) is 8.89. The third-order valence-electron chi connectivity index (χ3n) is 9.55. The molecule has 0 fully saturated rings. The minimum absolute atomic E-state index is 0.00640. The van der Waals surface area contributed by atoms with Gasteiger partial charge < -0.3 is 20.5 Å². The number of anilines is 1. The molecule has 10 heteroatoms. The quantitative estimate of drug-likeness (QED) is 0.0845. The van der Waals surface area contributed by atoms with Crippen LogP contribution in [0.1, 0.15) is 65.2 Å². The van der Waals surface area contributed by atoms with Gasteiger partial charge in [0.25, 0.3) is 0 Å². The molecule has 0 spiro atoms. The molecule has 1 atom stereocenters. The SMILES string of the molecule is [C-]#[N+]c1ccc(NC(c2cc(OCC)cc(OC(C)C)c2F)c2nc(-c3ccccc3C(N)=O)nn2C(c2ccccc2)(c2ccccc2)c2ccccc2)cc1. The predicted octanol–water partition coefficient (Wildman–Crippen LogP) is 9.96. The Morgan fingerprint density at radius 3 is 1.93 bits per heavy atom. The van der Waals surface area contributed by atoms with Crippen LogP contribution in [-0.4, -0.2) is 33.4 Å². The number of primary amides is 1. The van der Waals surface area contributed by atoms with E-state index < -0.39 is 23.3 Å². The number of amides is 1. The average molecular weight is 757 g/mol. The van der Waals surface area contributed by atoms with Gasteiger partial charge in [0.15, 0.2) is 28.9 Å². The second-order valence-corrected chi connectivity index (χ2v) is 13.6. The van der Waals surface area contributed by atoms with Crippen molar-refractivity contribution in [2.75, 3.05) is 11.9 Å². The molecule has 1 aromatic heterocycles. The molecular formula is C47H41FN6O3. The van der Waals surface area contributed by atoms with Crippen molar-refractivity contribution in [2.45, 2.75) is 38.5 Å². The number of carbonyl (C=O) groups is 1. The van der Waals surface area contributed by atoms with E-state index in [2.05, 4.69) is 10.2 Å². The zero-order chi connectivity index (χ0) is 39.9. The lowest BCUT2D eigenvalue weighted by molar-refractivity contribution is 0.100. The Kier molecular flexibility index (Phi) is 11.1. The van der Waals surface area contributed by atoms with Gasteiger partial charge in [0.1, 0.15) is 17.3 Å². The van der Waals surface area contributed by atoms with E-state index in [9.17, 15) is 4.79 Å². The zero-order valence-electron chi connectivity index (χ0n) is 31.8. The van der Waals surface area contributed by atoms with Crippen LogP contribution in [-0.2, 0) is 5.54 Å². The van der Waals surface area contributed by atoms with E-state index >= 15 is 4.39 Å². The number of benzene rings is 6. The Labute approximate surface area is 331 Å². The fourth-order valence-electron chi connectivity index (χ4n) is 7.14. The topological polar surface area (TPSA) is 109 Å². The van der Waals surface area contributed by atoms with Crippen molar-refractivity contribution in [3.63, 3.8) is 0 Å². The molecule has 57 heavy (non-hydrogen) atoms. The molecule has 0 aliphatic rings. The lowest BCUT2D eigenvalue weighted by Crippen LogP contribution is -2.41. The maximum absolute atomic E-state index is 17.3. The Bertz CT molecular complexity index is 2420. The van der Waals surface area contributed by atoms with Crippen molar-refractivity contribution in [1.29, 1.82) is 0 Å². The van der Waals surface area contributed by atoms with E-state index in [1.165, 1.54) is 0 Å². The van der Waals surface area contributed by atoms with Crippen LogP contribution in [0.2, 0.25) is 0 Å². The van der Waals surface area contributed by atoms with Crippen molar-refractivity contribution in [3.05, 3.63) is 203 Å². The summed E-state index contributed by atoms with van der Waals surface area (Å²) in [7, 11) is 0. The summed E-state index contributed by atoms with van der Waals surface area (Å²) in [4.78, 5) is 21.7. The molecule has 7 aromatic rings. The monoisotopic (exact) mass is 756 g/mol. The molecule has 7 rings (SSSR count). The second-order valence-electron chi connectivity index (χ2n) is 13.6. The van der Waals surface area contributed by atoms with Crippen molar-refractivity contribution in [3.8, 4) is 22.9 Å². The number of ether oxygens (including phenoxy) is 2. The molecule has 6 aromatic carbocycles. The van der Waals surface area contributed by atoms with Gasteiger partial charge in [-0.3, -0.25) is 4.79 Å². The van der Waals surface area contributed by atoms with Crippen molar-refractivity contribution < 1.29 is 18.7 Å². The van der Waals surface area contributed by atoms with Gasteiger partial charge in [-0.15, -0.1) is 5.10 Å². The minimum atomic E-state index is -1.22. The summed E-state index contributed by atoms with van der Waals surface area (Å²) >= 11 is 0. The van der Waals surface area contributed by atoms with Gasteiger partial charge in [-0.05, 0) is 61.7 Å². The Hall–Kier alpha value is -7.25. The highest BCUT2D eigenvalue weighted by atomic mass is 19.1. The number of hydrogen-bond donors (Lipinski definition) is 2. The maximum atomic E-state index is 17.3. The molecule has 9 nitrogen and oxygen atoms in total. The van der Waals surface area contributed by atoms with Gasteiger partial charge >= 0.3 is 0 Å². The molecule has 3 N–H and O–H groups in total. The first-order valence-electron chi connectivity index (χ1n) is 18.6. The molecule has 0 aliphatic carbocycles. The predicted molar refractivity (Wildman–Crippen MR) is 220 cm³/mol. The minimum Gasteiger partial charge on any atom is -0.494 e. The van der Waals surface area contributed by atoms with E-state index in [0.717, 1.165) is 16.7 Å². The fraction of sp³-hybridized carbons (Fsp3) is 0.149. The van der Waals surface area contributed by atoms with Gasteiger partial charge in [0.05, 0.1) is 24.8 Å². The third kappa shape index (κ3) is 7.56. The number of nitrogens with two attached hydrogens (primary N) is 1. The molecule has 0 bridgehead atoms. The molecule has 0 saturated heterocycles. The normalized spacial score (nSPS) is 11.8. The maximum Gasteiger partial charge on any atom is 0.249 e. The van der Waals surface area contributed by atoms with E-state index in [1.807, 2.05) is 116 Å². The number of halogens is 1. The summed E-state index contributed by atoms with van der Waals surface area (Å²) in [6.45, 7) is 13.4. The van der Waals surface area contributed by atoms with Crippen LogP contribution in [0.15, 0.2) is 152 Å². The molecule has 1 amide bonds. The zero-order valence-corrected chi connectivity index (χ0v) is 31.8. The average Bonchev–Trinajstić information content (AvgIpc) is 3.68. The fourth-order valence-corrected chi connectivity index (χ4v) is 7.14. The largest absolute Gasteiger partial charge is 0.494 e. The first kappa shape index (κ1) is 38.0. The summed E-state index contributed by atoms with van der Waals surface area (Å²) in [6.07, 6.45) is -0.348. The van der Waals surface area contributed by atoms with Crippen LogP contribution in [0.4, 0.5) is 15.8 Å². The smallest absolute Gasteiger partial charge is 0.249 e. The molecule has 1 unspecified atom stereocenters. The van der Waals surface area contributed by atoms with Gasteiger partial charge in [-0.25, -0.2) is 18.9 Å². The number of aromatic nitrogens is 3. The van der Waals surface area contributed by atoms with Crippen LogP contribution in [0.3, 0.4) is 0 Å². The highest BCUT2D eigenvalue weighted by Gasteiger charge is 2.44. The first-order valence-corrected chi connectivity index (χ1v) is 18.6. The molecule has 284 valence electrons. The number of rotatable bonds is 14. The van der Waals surface area contributed by atoms with Gasteiger partial charge in [-0.1, -0.05) is 121 Å². The van der Waals surface area contributed by atoms with E-state index in [1.54, 1.807) is 60.7 Å². The van der Waals surface area contributed by atoms with E-state index in [-0.39, 0.29) is 34.6 Å². The van der Waals surface area contributed by atoms with Crippen molar-refractivity contribution in [2.24, 2.45) is 5.73 Å². The molecule has 0 aliphatic heterocycles. The van der Waals surface area contributed by atoms with Crippen molar-refractivity contribution in [1.82, 2.24) is 14.8 Å². The van der Waals surface area contributed by atoms with Crippen LogP contribution < -0.4 is 20.5 Å². The lowest BCUT2D eigenvalue weighted by atomic mass is 9.77. The first-order chi connectivity index (χ1) is 27.7. The Balaban J connectivity index is 1.65. The summed E-state index contributed by atoms with van der Waals surface area (Å²) in [5.74, 6) is -0.387. The number of nitrogens with one attached hydrogen (secondary N) is 1. The Morgan fingerprint density at radius 2 is 1.40 bits per heavy atom. The highest BCUT2D eigenvalue weighted by molar-refractivity contribution is 5.99. The van der Waals surface area contributed by atoms with Crippen LogP contribution >= 0.6 is 0 Å². The summed E-state index contributed by atoms with van der Waals surface area (Å²) < 4.78 is 31.2. The number of hydrogen-bond acceptors (Lipinski definition) is 6. The van der Waals surface area contributed by atoms with Crippen LogP contribution in [0.5, 0.6) is 11.5 Å². The van der Waals surface area contributed by atoms with Crippen LogP contribution in [0.25, 0.3) is 16.2 Å². The number of carbonyl (C=O) groups excluding carboxylic acids is 1. The van der Waals surface area contributed by atoms with Crippen LogP contribution in [0, 0.1) is 12.4 Å². The summed E-state index contributed by atoms with van der Waals surface area (Å²) in [5.41, 5.74) is 9.07. The second kappa shape index (κ2) is 16.6. The highest BCUT2D eigenvalue weighted by Crippen LogP contribution is 2.45. The van der Waals surface area contributed by atoms with E-state index in [4.69, 9.17) is 31.9 Å². The van der Waals surface area contributed by atoms with Crippen molar-refractivity contribution >= 4 is 17.3 Å². The third-order valence-corrected chi connectivity index (χ3v) is 9.55. The standard InChI is InChI=1S/C47H41FN6O3/c1-5-56-37-29-40(42(48)41(30-37)57-31(2)3)43(51-36-27-25-35(50-4)26-28-36)46-52-45(39-24-16-15-23-38(39)44(49)55)53-54(46)47(32-17-9-6-10-18-32,33-19-11-7-12-20-33)34-21-13-8-14-22-34/h6-31,43,51H,5H2,1-3H3,(H2,49,55). The molecular weight excluding hydrogens is 716 g/mol. The molecule has 0 saturated carbocycles. The summed E-state index contributed by atoms with van der Waals surface area (Å²) in [6, 6.07) is 45.7. The Morgan fingerprint density at radius 1 is 0.842 bits per heavy atom. The van der Waals surface area contributed by atoms with Gasteiger partial charge in [-0.2, -0.15) is 0 Å². The lowest BCUT2D eigenvalue weighted by Gasteiger charge is -2.38. The van der Waals surface area contributed by atoms with Gasteiger partial charge in [0.2, 0.25) is 5.91 Å².